The molecular weight excluding hydrogens is 352 g/mol. The third-order valence-corrected chi connectivity index (χ3v) is 6.93. The predicted octanol–water partition coefficient (Wildman–Crippen LogP) is 4.20. The summed E-state index contributed by atoms with van der Waals surface area (Å²) in [6.45, 7) is 0. The number of H-pyrrole nitrogens is 1. The molecule has 5 nitrogen and oxygen atoms in total. The van der Waals surface area contributed by atoms with Gasteiger partial charge in [-0.3, -0.25) is 15.2 Å². The Labute approximate surface area is 154 Å². The minimum atomic E-state index is -0.211. The first-order valence-electron chi connectivity index (χ1n) is 7.92. The van der Waals surface area contributed by atoms with Gasteiger partial charge in [-0.15, -0.1) is 28.6 Å². The molecule has 126 valence electrons. The highest BCUT2D eigenvalue weighted by Crippen LogP contribution is 2.45. The van der Waals surface area contributed by atoms with Gasteiger partial charge in [-0.05, 0) is 17.7 Å². The Morgan fingerprint density at radius 1 is 1.04 bits per heavy atom. The van der Waals surface area contributed by atoms with E-state index in [1.807, 2.05) is 78.1 Å². The van der Waals surface area contributed by atoms with Crippen molar-refractivity contribution >= 4 is 35.4 Å². The maximum atomic E-state index is 12.4. The van der Waals surface area contributed by atoms with Crippen molar-refractivity contribution in [1.29, 1.82) is 0 Å². The molecule has 1 saturated heterocycles. The van der Waals surface area contributed by atoms with Crippen molar-refractivity contribution in [3.63, 3.8) is 0 Å². The van der Waals surface area contributed by atoms with Crippen LogP contribution in [0.1, 0.15) is 20.5 Å². The van der Waals surface area contributed by atoms with Crippen LogP contribution in [0.2, 0.25) is 0 Å². The lowest BCUT2D eigenvalue weighted by molar-refractivity contribution is 0.102. The Morgan fingerprint density at radius 3 is 2.48 bits per heavy atom. The van der Waals surface area contributed by atoms with E-state index in [2.05, 4.69) is 20.5 Å². The highest BCUT2D eigenvalue weighted by molar-refractivity contribution is 8.19. The molecule has 3 aromatic rings. The highest BCUT2D eigenvalue weighted by Gasteiger charge is 2.18. The predicted molar refractivity (Wildman–Crippen MR) is 104 cm³/mol. The number of hydrogen-bond donors (Lipinski definition) is 2. The molecule has 2 aromatic carbocycles. The molecular formula is C18H16N4OS2. The second-order valence-electron chi connectivity index (χ2n) is 5.52. The number of benzene rings is 2. The van der Waals surface area contributed by atoms with E-state index in [1.54, 1.807) is 0 Å². The highest BCUT2D eigenvalue weighted by atomic mass is 32.2. The van der Waals surface area contributed by atoms with Crippen molar-refractivity contribution < 1.29 is 4.79 Å². The minimum absolute atomic E-state index is 0.211. The van der Waals surface area contributed by atoms with Gasteiger partial charge < -0.3 is 0 Å². The zero-order chi connectivity index (χ0) is 17.1. The van der Waals surface area contributed by atoms with Crippen molar-refractivity contribution in [2.75, 3.05) is 16.8 Å². The summed E-state index contributed by atoms with van der Waals surface area (Å²) in [4.78, 5) is 16.7. The molecule has 0 saturated carbocycles. The summed E-state index contributed by atoms with van der Waals surface area (Å²) < 4.78 is 0.485. The van der Waals surface area contributed by atoms with Crippen LogP contribution in [0.3, 0.4) is 0 Å². The van der Waals surface area contributed by atoms with Crippen molar-refractivity contribution in [2.45, 2.75) is 4.58 Å². The van der Waals surface area contributed by atoms with Crippen LogP contribution in [0.5, 0.6) is 0 Å². The number of thioether (sulfide) groups is 2. The van der Waals surface area contributed by atoms with Gasteiger partial charge in [0.2, 0.25) is 5.95 Å². The zero-order valence-corrected chi connectivity index (χ0v) is 14.9. The number of amides is 1. The third-order valence-electron chi connectivity index (χ3n) is 3.82. The molecule has 0 aliphatic carbocycles. The van der Waals surface area contributed by atoms with Crippen LogP contribution < -0.4 is 5.32 Å². The molecule has 0 atom stereocenters. The third kappa shape index (κ3) is 3.72. The Hall–Kier alpha value is -2.25. The van der Waals surface area contributed by atoms with E-state index in [0.717, 1.165) is 5.56 Å². The number of nitrogens with zero attached hydrogens (tertiary/aromatic N) is 2. The van der Waals surface area contributed by atoms with Gasteiger partial charge in [0.1, 0.15) is 0 Å². The molecule has 0 bridgehead atoms. The van der Waals surface area contributed by atoms with Gasteiger partial charge in [-0.2, -0.15) is 4.98 Å². The number of rotatable bonds is 4. The van der Waals surface area contributed by atoms with E-state index in [0.29, 0.717) is 16.0 Å². The largest absolute Gasteiger partial charge is 0.289 e. The number of carbonyl (C=O) groups is 1. The van der Waals surface area contributed by atoms with Crippen LogP contribution in [0.25, 0.3) is 11.4 Å². The monoisotopic (exact) mass is 368 g/mol. The second kappa shape index (κ2) is 7.33. The first-order valence-corrected chi connectivity index (χ1v) is 10.0. The van der Waals surface area contributed by atoms with Crippen LogP contribution in [0.4, 0.5) is 5.95 Å². The fraction of sp³-hybridized carbons (Fsp3) is 0.167. The molecule has 1 aliphatic rings. The van der Waals surface area contributed by atoms with Crippen molar-refractivity contribution in [1.82, 2.24) is 15.2 Å². The topological polar surface area (TPSA) is 70.7 Å². The summed E-state index contributed by atoms with van der Waals surface area (Å²) in [5, 5.41) is 9.64. The molecule has 1 aromatic heterocycles. The molecule has 0 unspecified atom stereocenters. The molecule has 1 fully saturated rings. The lowest BCUT2D eigenvalue weighted by atomic mass is 10.1. The first kappa shape index (κ1) is 16.2. The number of hydrogen-bond acceptors (Lipinski definition) is 5. The lowest BCUT2D eigenvalue weighted by Crippen LogP contribution is -2.13. The molecule has 0 spiro atoms. The minimum Gasteiger partial charge on any atom is -0.289 e. The summed E-state index contributed by atoms with van der Waals surface area (Å²) in [7, 11) is 0. The van der Waals surface area contributed by atoms with Crippen LogP contribution in [0.15, 0.2) is 54.6 Å². The van der Waals surface area contributed by atoms with E-state index in [-0.39, 0.29) is 11.9 Å². The zero-order valence-electron chi connectivity index (χ0n) is 13.3. The van der Waals surface area contributed by atoms with Crippen LogP contribution in [0, 0.1) is 0 Å². The van der Waals surface area contributed by atoms with Crippen LogP contribution in [-0.2, 0) is 0 Å². The number of aromatic amines is 1. The maximum Gasteiger partial charge on any atom is 0.258 e. The second-order valence-corrected chi connectivity index (χ2v) is 8.25. The fourth-order valence-electron chi connectivity index (χ4n) is 2.56. The van der Waals surface area contributed by atoms with Gasteiger partial charge in [0, 0.05) is 22.6 Å². The molecule has 4 rings (SSSR count). The van der Waals surface area contributed by atoms with E-state index < -0.39 is 0 Å². The summed E-state index contributed by atoms with van der Waals surface area (Å²) in [6.07, 6.45) is 0. The van der Waals surface area contributed by atoms with Crippen molar-refractivity contribution in [3.05, 3.63) is 65.7 Å². The number of carbonyl (C=O) groups excluding carboxylic acids is 1. The van der Waals surface area contributed by atoms with E-state index in [1.165, 1.54) is 17.1 Å². The smallest absolute Gasteiger partial charge is 0.258 e. The average molecular weight is 368 g/mol. The van der Waals surface area contributed by atoms with Gasteiger partial charge in [-0.25, -0.2) is 0 Å². The molecule has 1 amide bonds. The number of aromatic nitrogens is 3. The molecule has 1 aliphatic heterocycles. The number of anilines is 1. The SMILES string of the molecule is O=C(Nc1n[nH]c(-c2ccccc2)n1)c1ccc(C2SCCS2)cc1. The summed E-state index contributed by atoms with van der Waals surface area (Å²) in [6, 6.07) is 17.4. The summed E-state index contributed by atoms with van der Waals surface area (Å²) >= 11 is 3.90. The maximum absolute atomic E-state index is 12.4. The Balaban J connectivity index is 1.44. The normalized spacial score (nSPS) is 14.6. The van der Waals surface area contributed by atoms with Gasteiger partial charge in [0.15, 0.2) is 5.82 Å². The van der Waals surface area contributed by atoms with Crippen molar-refractivity contribution in [3.8, 4) is 11.4 Å². The Kier molecular flexibility index (Phi) is 4.76. The number of nitrogens with one attached hydrogen (secondary N) is 2. The van der Waals surface area contributed by atoms with E-state index in [9.17, 15) is 4.79 Å². The van der Waals surface area contributed by atoms with Crippen LogP contribution >= 0.6 is 23.5 Å². The molecule has 7 heteroatoms. The van der Waals surface area contributed by atoms with Gasteiger partial charge in [0.05, 0.1) is 4.58 Å². The molecule has 2 N–H and O–H groups in total. The Morgan fingerprint density at radius 2 is 1.76 bits per heavy atom. The van der Waals surface area contributed by atoms with Gasteiger partial charge in [0.25, 0.3) is 5.91 Å². The van der Waals surface area contributed by atoms with Gasteiger partial charge >= 0.3 is 0 Å². The molecule has 0 radical (unpaired) electrons. The lowest BCUT2D eigenvalue weighted by Gasteiger charge is -2.08. The van der Waals surface area contributed by atoms with E-state index in [4.69, 9.17) is 0 Å². The summed E-state index contributed by atoms with van der Waals surface area (Å²) in [5.74, 6) is 3.06. The fourth-order valence-corrected chi connectivity index (χ4v) is 5.42. The standard InChI is InChI=1S/C18H16N4OS2/c23-16(13-6-8-14(9-7-13)17-24-10-11-25-17)20-18-19-15(21-22-18)12-4-2-1-3-5-12/h1-9,17H,10-11H2,(H2,19,20,21,22,23). The van der Waals surface area contributed by atoms with Crippen molar-refractivity contribution in [2.24, 2.45) is 0 Å². The van der Waals surface area contributed by atoms with Gasteiger partial charge in [-0.1, -0.05) is 42.5 Å². The quantitative estimate of drug-likeness (QED) is 0.722. The first-order chi connectivity index (χ1) is 12.3. The van der Waals surface area contributed by atoms with Crippen LogP contribution in [-0.4, -0.2) is 32.6 Å². The molecule has 25 heavy (non-hydrogen) atoms. The average Bonchev–Trinajstić information content (AvgIpc) is 3.35. The summed E-state index contributed by atoms with van der Waals surface area (Å²) in [5.41, 5.74) is 2.78. The Bertz CT molecular complexity index is 858. The molecule has 2 heterocycles. The van der Waals surface area contributed by atoms with E-state index >= 15 is 0 Å².